The molecule has 0 bridgehead atoms. The van der Waals surface area contributed by atoms with Gasteiger partial charge in [-0.15, -0.1) is 0 Å². The highest BCUT2D eigenvalue weighted by Crippen LogP contribution is 2.22. The molecule has 5 rings (SSSR count). The molecule has 1 fully saturated rings. The molecule has 0 amide bonds. The molecule has 0 spiro atoms. The van der Waals surface area contributed by atoms with Crippen molar-refractivity contribution in [1.82, 2.24) is 19.9 Å². The Labute approximate surface area is 301 Å². The molecule has 0 aliphatic carbocycles. The highest BCUT2D eigenvalue weighted by molar-refractivity contribution is 5.81. The monoisotopic (exact) mass is 712 g/mol. The molecule has 0 N–H and O–H groups in total. The van der Waals surface area contributed by atoms with E-state index >= 15 is 0 Å². The molecule has 52 heavy (non-hydrogen) atoms. The first-order chi connectivity index (χ1) is 25.5. The number of aromatic nitrogens is 4. The van der Waals surface area contributed by atoms with Crippen molar-refractivity contribution in [1.29, 1.82) is 0 Å². The summed E-state index contributed by atoms with van der Waals surface area (Å²) >= 11 is 0. The lowest BCUT2D eigenvalue weighted by atomic mass is 10.1. The smallest absolute Gasteiger partial charge is 0.330 e. The van der Waals surface area contributed by atoms with Crippen molar-refractivity contribution in [3.8, 4) is 34.3 Å². The largest absolute Gasteiger partial charge is 0.490 e. The molecule has 0 saturated carbocycles. The van der Waals surface area contributed by atoms with Crippen LogP contribution >= 0.6 is 0 Å². The molecule has 1 aliphatic heterocycles. The maximum atomic E-state index is 11.1. The standard InChI is InChI=1S/C38H40N4O10/c1-3-33(43)47-17-5-15-45-31-21-39-35(40-22-31)29-11-7-27(8-12-29)25-51-37-38(50-20-19-49-37)52-26-28-9-13-30(14-10-28)36-41-23-32(24-42-36)46-16-6-18-48-34(44)4-2/h3-4,7-14,21-24,37-38H,1-2,5-6,15-20,25-26H2. The zero-order valence-electron chi connectivity index (χ0n) is 28.6. The van der Waals surface area contributed by atoms with Crippen molar-refractivity contribution in [2.45, 2.75) is 38.6 Å². The zero-order valence-corrected chi connectivity index (χ0v) is 28.6. The fourth-order valence-electron chi connectivity index (χ4n) is 4.64. The second-order valence-electron chi connectivity index (χ2n) is 11.1. The van der Waals surface area contributed by atoms with Crippen LogP contribution in [0.15, 0.2) is 98.6 Å². The summed E-state index contributed by atoms with van der Waals surface area (Å²) in [6.45, 7) is 9.30. The Hall–Kier alpha value is -5.54. The average molecular weight is 713 g/mol. The number of hydrogen-bond donors (Lipinski definition) is 0. The number of carbonyl (C=O) groups is 2. The van der Waals surface area contributed by atoms with E-state index in [4.69, 9.17) is 37.9 Å². The lowest BCUT2D eigenvalue weighted by Crippen LogP contribution is -2.41. The second-order valence-corrected chi connectivity index (χ2v) is 11.1. The molecule has 1 aliphatic rings. The van der Waals surface area contributed by atoms with Crippen molar-refractivity contribution >= 4 is 11.9 Å². The summed E-state index contributed by atoms with van der Waals surface area (Å²) < 4.78 is 44.8. The third kappa shape index (κ3) is 12.1. The minimum atomic E-state index is -0.700. The van der Waals surface area contributed by atoms with E-state index in [1.54, 1.807) is 24.8 Å². The third-order valence-corrected chi connectivity index (χ3v) is 7.32. The normalized spacial score (nSPS) is 15.3. The minimum absolute atomic E-state index is 0.247. The highest BCUT2D eigenvalue weighted by atomic mass is 16.8. The summed E-state index contributed by atoms with van der Waals surface area (Å²) in [5.74, 6) is 1.24. The first kappa shape index (κ1) is 37.7. The van der Waals surface area contributed by atoms with Crippen LogP contribution in [0.3, 0.4) is 0 Å². The summed E-state index contributed by atoms with van der Waals surface area (Å²) in [5, 5.41) is 0. The van der Waals surface area contributed by atoms with Gasteiger partial charge in [0.25, 0.3) is 0 Å². The van der Waals surface area contributed by atoms with Gasteiger partial charge < -0.3 is 37.9 Å². The molecular formula is C38H40N4O10. The summed E-state index contributed by atoms with van der Waals surface area (Å²) in [4.78, 5) is 39.7. The van der Waals surface area contributed by atoms with E-state index in [0.29, 0.717) is 62.4 Å². The maximum Gasteiger partial charge on any atom is 0.330 e. The average Bonchev–Trinajstić information content (AvgIpc) is 3.20. The lowest BCUT2D eigenvalue weighted by Gasteiger charge is -2.31. The Morgan fingerprint density at radius 2 is 1.00 bits per heavy atom. The van der Waals surface area contributed by atoms with E-state index in [9.17, 15) is 9.59 Å². The van der Waals surface area contributed by atoms with Crippen LogP contribution in [-0.4, -0.2) is 84.1 Å². The van der Waals surface area contributed by atoms with E-state index in [-0.39, 0.29) is 26.4 Å². The van der Waals surface area contributed by atoms with Crippen molar-refractivity contribution in [2.75, 3.05) is 39.6 Å². The molecular weight excluding hydrogens is 672 g/mol. The van der Waals surface area contributed by atoms with Gasteiger partial charge in [0.1, 0.15) is 0 Å². The number of carbonyl (C=O) groups excluding carboxylic acids is 2. The Morgan fingerprint density at radius 1 is 0.615 bits per heavy atom. The van der Waals surface area contributed by atoms with Gasteiger partial charge in [0.2, 0.25) is 12.6 Å². The van der Waals surface area contributed by atoms with Crippen LogP contribution < -0.4 is 9.47 Å². The maximum absolute atomic E-state index is 11.1. The van der Waals surface area contributed by atoms with Gasteiger partial charge in [-0.05, 0) is 11.1 Å². The van der Waals surface area contributed by atoms with Gasteiger partial charge in [-0.1, -0.05) is 61.7 Å². The van der Waals surface area contributed by atoms with Crippen molar-refractivity contribution in [2.24, 2.45) is 0 Å². The molecule has 272 valence electrons. The Morgan fingerprint density at radius 3 is 1.37 bits per heavy atom. The Balaban J connectivity index is 1.03. The van der Waals surface area contributed by atoms with Crippen LogP contribution in [0, 0.1) is 0 Å². The molecule has 14 nitrogen and oxygen atoms in total. The van der Waals surface area contributed by atoms with Gasteiger partial charge in [0.05, 0.1) is 77.6 Å². The van der Waals surface area contributed by atoms with E-state index in [1.807, 2.05) is 48.5 Å². The summed E-state index contributed by atoms with van der Waals surface area (Å²) in [5.41, 5.74) is 3.53. The molecule has 4 aromatic rings. The Kier molecular flexibility index (Phi) is 14.8. The van der Waals surface area contributed by atoms with Gasteiger partial charge in [-0.3, -0.25) is 0 Å². The van der Waals surface area contributed by atoms with Crippen molar-refractivity contribution in [3.63, 3.8) is 0 Å². The number of esters is 2. The SMILES string of the molecule is C=CC(=O)OCCCOc1cnc(-c2ccc(COC3OCCOC3OCc3ccc(-c4ncc(OCCCOC(=O)C=C)cn4)cc3)cc2)nc1. The van der Waals surface area contributed by atoms with E-state index in [2.05, 4.69) is 33.1 Å². The second kappa shape index (κ2) is 20.3. The number of hydrogen-bond acceptors (Lipinski definition) is 14. The first-order valence-corrected chi connectivity index (χ1v) is 16.6. The minimum Gasteiger partial charge on any atom is -0.490 e. The molecule has 14 heteroatoms. The predicted octanol–water partition coefficient (Wildman–Crippen LogP) is 5.03. The molecule has 0 radical (unpaired) electrons. The first-order valence-electron chi connectivity index (χ1n) is 16.6. The van der Waals surface area contributed by atoms with Crippen LogP contribution in [0.25, 0.3) is 22.8 Å². The van der Waals surface area contributed by atoms with Gasteiger partial charge >= 0.3 is 11.9 Å². The molecule has 2 aromatic carbocycles. The van der Waals surface area contributed by atoms with Crippen LogP contribution in [0.4, 0.5) is 0 Å². The number of rotatable bonds is 20. The van der Waals surface area contributed by atoms with Crippen molar-refractivity contribution in [3.05, 3.63) is 110 Å². The van der Waals surface area contributed by atoms with Gasteiger partial charge in [-0.25, -0.2) is 29.5 Å². The quantitative estimate of drug-likeness (QED) is 0.0682. The van der Waals surface area contributed by atoms with Gasteiger partial charge in [-0.2, -0.15) is 0 Å². The van der Waals surface area contributed by atoms with Crippen LogP contribution in [-0.2, 0) is 51.2 Å². The zero-order chi connectivity index (χ0) is 36.4. The third-order valence-electron chi connectivity index (χ3n) is 7.32. The van der Waals surface area contributed by atoms with Crippen LogP contribution in [0.2, 0.25) is 0 Å². The number of benzene rings is 2. The van der Waals surface area contributed by atoms with Crippen LogP contribution in [0.5, 0.6) is 11.5 Å². The number of nitrogens with zero attached hydrogens (tertiary/aromatic N) is 4. The lowest BCUT2D eigenvalue weighted by molar-refractivity contribution is -0.326. The molecule has 1 saturated heterocycles. The van der Waals surface area contributed by atoms with E-state index in [0.717, 1.165) is 34.4 Å². The molecule has 2 aromatic heterocycles. The molecule has 3 heterocycles. The van der Waals surface area contributed by atoms with E-state index < -0.39 is 24.5 Å². The van der Waals surface area contributed by atoms with Crippen molar-refractivity contribution < 1.29 is 47.5 Å². The molecule has 2 unspecified atom stereocenters. The summed E-state index contributed by atoms with van der Waals surface area (Å²) in [6, 6.07) is 15.4. The van der Waals surface area contributed by atoms with Crippen LogP contribution in [0.1, 0.15) is 24.0 Å². The fraction of sp³-hybridized carbons (Fsp3) is 0.316. The highest BCUT2D eigenvalue weighted by Gasteiger charge is 2.28. The predicted molar refractivity (Wildman–Crippen MR) is 187 cm³/mol. The van der Waals surface area contributed by atoms with Gasteiger partial charge in [0.15, 0.2) is 23.1 Å². The van der Waals surface area contributed by atoms with Gasteiger partial charge in [0, 0.05) is 36.1 Å². The molecule has 2 atom stereocenters. The Bertz CT molecular complexity index is 1590. The topological polar surface area (TPSA) is 160 Å². The number of ether oxygens (including phenoxy) is 8. The summed E-state index contributed by atoms with van der Waals surface area (Å²) in [7, 11) is 0. The summed E-state index contributed by atoms with van der Waals surface area (Å²) in [6.07, 6.45) is 8.34. The fourth-order valence-corrected chi connectivity index (χ4v) is 4.64. The van der Waals surface area contributed by atoms with E-state index in [1.165, 1.54) is 0 Å².